The van der Waals surface area contributed by atoms with Crippen molar-refractivity contribution >= 4 is 6.70 Å². The summed E-state index contributed by atoms with van der Waals surface area (Å²) in [5.41, 5.74) is 0. The van der Waals surface area contributed by atoms with Gasteiger partial charge in [-0.3, -0.25) is 0 Å². The molecular weight excluding hydrogens is 187 g/mol. The van der Waals surface area contributed by atoms with E-state index < -0.39 is 6.70 Å². The largest absolute Gasteiger partial charge is 0.465 e. The number of nitrogens with zero attached hydrogens (tertiary/aromatic N) is 3. The Morgan fingerprint density at radius 3 is 2.21 bits per heavy atom. The van der Waals surface area contributed by atoms with E-state index in [0.29, 0.717) is 6.82 Å². The molecule has 78 valence electrons. The van der Waals surface area contributed by atoms with Crippen LogP contribution in [0.1, 0.15) is 6.92 Å². The van der Waals surface area contributed by atoms with Crippen molar-refractivity contribution in [2.45, 2.75) is 20.3 Å². The summed E-state index contributed by atoms with van der Waals surface area (Å²) in [5.74, 6) is 0.833. The van der Waals surface area contributed by atoms with Gasteiger partial charge in [0.15, 0.2) is 0 Å². The number of hydrogen-bond acceptors (Lipinski definition) is 1. The first kappa shape index (κ1) is 12.6. The van der Waals surface area contributed by atoms with Gasteiger partial charge >= 0.3 is 6.70 Å². The van der Waals surface area contributed by atoms with Crippen LogP contribution in [0.2, 0.25) is 6.82 Å². The van der Waals surface area contributed by atoms with E-state index in [1.807, 2.05) is 17.8 Å². The Morgan fingerprint density at radius 2 is 2.07 bits per heavy atom. The Balaban J connectivity index is 0.000000255. The van der Waals surface area contributed by atoms with Gasteiger partial charge in [-0.15, -0.1) is 6.82 Å². The number of aryl methyl sites for hydroxylation is 2. The summed E-state index contributed by atoms with van der Waals surface area (Å²) in [7, 11) is 2.02. The van der Waals surface area contributed by atoms with E-state index in [9.17, 15) is 8.63 Å². The zero-order chi connectivity index (χ0) is 11.2. The van der Waals surface area contributed by atoms with Crippen LogP contribution >= 0.6 is 0 Å². The standard InChI is InChI=1S/C6H11N2.C2H3BF2N/c1-3-8-5-4-7(2)6-8;1-3(4,5)2-6/h4-6H,3H2,1-2H3;1H3/q+1;-1. The van der Waals surface area contributed by atoms with Crippen LogP contribution in [-0.4, -0.2) is 11.3 Å². The van der Waals surface area contributed by atoms with Gasteiger partial charge in [0, 0.05) is 0 Å². The smallest absolute Gasteiger partial charge is 0.401 e. The molecule has 1 aromatic rings. The second-order valence-electron chi connectivity index (χ2n) is 3.06. The molecule has 0 saturated heterocycles. The predicted octanol–water partition coefficient (Wildman–Crippen LogP) is 1.39. The number of imidazole rings is 1. The van der Waals surface area contributed by atoms with Crippen molar-refractivity contribution < 1.29 is 13.2 Å². The minimum Gasteiger partial charge on any atom is -0.465 e. The topological polar surface area (TPSA) is 32.6 Å². The number of nitriles is 1. The third-order valence-electron chi connectivity index (χ3n) is 1.42. The minimum absolute atomic E-state index is 0.611. The average Bonchev–Trinajstić information content (AvgIpc) is 2.51. The molecule has 0 radical (unpaired) electrons. The van der Waals surface area contributed by atoms with E-state index in [4.69, 9.17) is 5.26 Å². The van der Waals surface area contributed by atoms with Crippen molar-refractivity contribution in [1.29, 1.82) is 5.26 Å². The van der Waals surface area contributed by atoms with Crippen molar-refractivity contribution in [1.82, 2.24) is 4.57 Å². The highest BCUT2D eigenvalue weighted by atomic mass is 19.2. The molecule has 1 aromatic heterocycles. The Hall–Kier alpha value is -1.38. The normalized spacial score (nSPS) is 10.0. The average molecular weight is 201 g/mol. The van der Waals surface area contributed by atoms with Crippen LogP contribution in [0, 0.1) is 11.2 Å². The van der Waals surface area contributed by atoms with Crippen molar-refractivity contribution in [3.05, 3.63) is 18.7 Å². The van der Waals surface area contributed by atoms with Gasteiger partial charge in [0.05, 0.1) is 13.6 Å². The third-order valence-corrected chi connectivity index (χ3v) is 1.42. The van der Waals surface area contributed by atoms with Crippen LogP contribution in [-0.2, 0) is 13.6 Å². The summed E-state index contributed by atoms with van der Waals surface area (Å²) < 4.78 is 26.5. The molecular formula is C8H14BF2N3. The molecule has 0 spiro atoms. The van der Waals surface area contributed by atoms with Crippen LogP contribution < -0.4 is 4.57 Å². The molecule has 14 heavy (non-hydrogen) atoms. The lowest BCUT2D eigenvalue weighted by Crippen LogP contribution is -2.23. The van der Waals surface area contributed by atoms with Crippen molar-refractivity contribution in [2.75, 3.05) is 0 Å². The van der Waals surface area contributed by atoms with E-state index in [1.54, 1.807) is 0 Å². The van der Waals surface area contributed by atoms with Gasteiger partial charge in [0.25, 0.3) is 0 Å². The van der Waals surface area contributed by atoms with E-state index in [1.165, 1.54) is 0 Å². The van der Waals surface area contributed by atoms with Gasteiger partial charge < -0.3 is 8.63 Å². The Bertz CT molecular complexity index is 311. The molecule has 1 rings (SSSR count). The molecule has 3 nitrogen and oxygen atoms in total. The maximum absolute atomic E-state index is 11.2. The second kappa shape index (κ2) is 5.38. The van der Waals surface area contributed by atoms with Crippen molar-refractivity contribution in [3.63, 3.8) is 0 Å². The SMILES string of the molecule is CCn1cc[n+](C)c1.C[B-](F)(F)C#N. The highest BCUT2D eigenvalue weighted by molar-refractivity contribution is 6.72. The number of hydrogen-bond donors (Lipinski definition) is 0. The highest BCUT2D eigenvalue weighted by Gasteiger charge is 2.12. The molecule has 6 heteroatoms. The summed E-state index contributed by atoms with van der Waals surface area (Å²) in [5, 5.41) is 7.43. The van der Waals surface area contributed by atoms with Gasteiger partial charge in [-0.05, 0) is 6.92 Å². The molecule has 0 aliphatic heterocycles. The maximum Gasteiger partial charge on any atom is 0.401 e. The summed E-state index contributed by atoms with van der Waals surface area (Å²) >= 11 is 0. The van der Waals surface area contributed by atoms with E-state index in [-0.39, 0.29) is 0 Å². The zero-order valence-corrected chi connectivity index (χ0v) is 8.61. The number of halogens is 2. The first-order chi connectivity index (χ1) is 6.39. The lowest BCUT2D eigenvalue weighted by atomic mass is 9.71. The van der Waals surface area contributed by atoms with Crippen LogP contribution in [0.4, 0.5) is 8.63 Å². The summed E-state index contributed by atoms with van der Waals surface area (Å²) in [6, 6.07) is 0. The molecule has 0 N–H and O–H groups in total. The first-order valence-corrected chi connectivity index (χ1v) is 4.36. The quantitative estimate of drug-likeness (QED) is 0.499. The van der Waals surface area contributed by atoms with Gasteiger partial charge in [-0.1, -0.05) is 5.97 Å². The minimum atomic E-state index is -3.68. The van der Waals surface area contributed by atoms with Gasteiger partial charge in [-0.25, -0.2) is 14.4 Å². The molecule has 0 aliphatic carbocycles. The van der Waals surface area contributed by atoms with Crippen LogP contribution in [0.25, 0.3) is 0 Å². The fourth-order valence-electron chi connectivity index (χ4n) is 0.689. The first-order valence-electron chi connectivity index (χ1n) is 4.36. The van der Waals surface area contributed by atoms with Gasteiger partial charge in [-0.2, -0.15) is 0 Å². The van der Waals surface area contributed by atoms with Crippen LogP contribution in [0.15, 0.2) is 18.7 Å². The van der Waals surface area contributed by atoms with E-state index in [2.05, 4.69) is 24.0 Å². The molecule has 0 fully saturated rings. The highest BCUT2D eigenvalue weighted by Crippen LogP contribution is 2.00. The molecule has 0 amide bonds. The summed E-state index contributed by atoms with van der Waals surface area (Å²) in [6.45, 7) is 0.112. The third kappa shape index (κ3) is 6.18. The van der Waals surface area contributed by atoms with Gasteiger partial charge in [0.2, 0.25) is 6.33 Å². The fraction of sp³-hybridized carbons (Fsp3) is 0.500. The predicted molar refractivity (Wildman–Crippen MR) is 50.7 cm³/mol. The number of rotatable bonds is 1. The van der Waals surface area contributed by atoms with Crippen molar-refractivity contribution in [2.24, 2.45) is 7.05 Å². The lowest BCUT2D eigenvalue weighted by Gasteiger charge is -2.00. The van der Waals surface area contributed by atoms with Gasteiger partial charge in [0.1, 0.15) is 12.4 Å². The fourth-order valence-corrected chi connectivity index (χ4v) is 0.689. The molecule has 0 unspecified atom stereocenters. The van der Waals surface area contributed by atoms with E-state index >= 15 is 0 Å². The zero-order valence-electron chi connectivity index (χ0n) is 8.61. The molecule has 0 saturated carbocycles. The van der Waals surface area contributed by atoms with E-state index in [0.717, 1.165) is 12.5 Å². The van der Waals surface area contributed by atoms with Crippen LogP contribution in [0.3, 0.4) is 0 Å². The molecule has 0 aromatic carbocycles. The molecule has 0 atom stereocenters. The Morgan fingerprint density at radius 1 is 1.57 bits per heavy atom. The second-order valence-corrected chi connectivity index (χ2v) is 3.06. The summed E-state index contributed by atoms with van der Waals surface area (Å²) in [6.07, 6.45) is 6.14. The molecule has 1 heterocycles. The lowest BCUT2D eigenvalue weighted by molar-refractivity contribution is -0.671. The van der Waals surface area contributed by atoms with Crippen molar-refractivity contribution in [3.8, 4) is 5.97 Å². The molecule has 0 bridgehead atoms. The Kier molecular flexibility index (Phi) is 4.85. The Labute approximate surface area is 82.6 Å². The molecule has 0 aliphatic rings. The van der Waals surface area contributed by atoms with Crippen LogP contribution in [0.5, 0.6) is 0 Å². The number of aromatic nitrogens is 2. The monoisotopic (exact) mass is 201 g/mol. The maximum atomic E-state index is 11.2. The summed E-state index contributed by atoms with van der Waals surface area (Å²) in [4.78, 5) is 0.